The van der Waals surface area contributed by atoms with Gasteiger partial charge in [-0.05, 0) is 31.7 Å². The van der Waals surface area contributed by atoms with E-state index in [1.165, 1.54) is 0 Å². The normalized spacial score (nSPS) is 12.7. The Kier molecular flexibility index (Phi) is 4.01. The molecule has 0 aliphatic rings. The maximum Gasteiger partial charge on any atom is 0.226 e. The minimum absolute atomic E-state index is 0.470. The SMILES string of the molecule is CCNc1nc(N(C)C(C)CC)c2ccsc2n1. The Morgan fingerprint density at radius 2 is 2.17 bits per heavy atom. The molecule has 1 N–H and O–H groups in total. The van der Waals surface area contributed by atoms with Crippen LogP contribution in [0.1, 0.15) is 27.2 Å². The van der Waals surface area contributed by atoms with Crippen molar-refractivity contribution in [1.29, 1.82) is 0 Å². The van der Waals surface area contributed by atoms with Gasteiger partial charge in [-0.15, -0.1) is 11.3 Å². The summed E-state index contributed by atoms with van der Waals surface area (Å²) < 4.78 is 0. The van der Waals surface area contributed by atoms with Crippen LogP contribution in [0.5, 0.6) is 0 Å². The Morgan fingerprint density at radius 1 is 1.39 bits per heavy atom. The molecule has 2 rings (SSSR count). The molecule has 5 heteroatoms. The number of rotatable bonds is 5. The number of hydrogen-bond acceptors (Lipinski definition) is 5. The van der Waals surface area contributed by atoms with E-state index in [9.17, 15) is 0 Å². The van der Waals surface area contributed by atoms with Gasteiger partial charge in [0, 0.05) is 19.6 Å². The third-order valence-electron chi connectivity index (χ3n) is 3.23. The van der Waals surface area contributed by atoms with Gasteiger partial charge in [0.15, 0.2) is 0 Å². The summed E-state index contributed by atoms with van der Waals surface area (Å²) in [6, 6.07) is 2.57. The van der Waals surface area contributed by atoms with Crippen molar-refractivity contribution in [3.05, 3.63) is 11.4 Å². The molecule has 2 heterocycles. The molecule has 0 fully saturated rings. The molecular formula is C13H20N4S. The molecule has 0 aliphatic carbocycles. The first-order valence-electron chi connectivity index (χ1n) is 6.39. The van der Waals surface area contributed by atoms with Crippen LogP contribution in [0.25, 0.3) is 10.2 Å². The van der Waals surface area contributed by atoms with Crippen LogP contribution in [-0.4, -0.2) is 29.6 Å². The highest BCUT2D eigenvalue weighted by molar-refractivity contribution is 7.16. The molecule has 0 amide bonds. The lowest BCUT2D eigenvalue weighted by Crippen LogP contribution is -2.29. The Morgan fingerprint density at radius 3 is 2.83 bits per heavy atom. The Labute approximate surface area is 112 Å². The molecule has 98 valence electrons. The van der Waals surface area contributed by atoms with E-state index in [0.29, 0.717) is 6.04 Å². The van der Waals surface area contributed by atoms with E-state index in [2.05, 4.69) is 59.4 Å². The third kappa shape index (κ3) is 2.41. The van der Waals surface area contributed by atoms with Gasteiger partial charge in [0.2, 0.25) is 5.95 Å². The number of aromatic nitrogens is 2. The van der Waals surface area contributed by atoms with Crippen LogP contribution >= 0.6 is 11.3 Å². The average Bonchev–Trinajstić information content (AvgIpc) is 2.84. The van der Waals surface area contributed by atoms with E-state index in [-0.39, 0.29) is 0 Å². The summed E-state index contributed by atoms with van der Waals surface area (Å²) in [6.07, 6.45) is 1.10. The first-order chi connectivity index (χ1) is 8.67. The van der Waals surface area contributed by atoms with Crippen molar-refractivity contribution in [2.45, 2.75) is 33.2 Å². The van der Waals surface area contributed by atoms with Crippen LogP contribution in [-0.2, 0) is 0 Å². The van der Waals surface area contributed by atoms with Crippen molar-refractivity contribution in [2.24, 2.45) is 0 Å². The van der Waals surface area contributed by atoms with Crippen molar-refractivity contribution in [1.82, 2.24) is 9.97 Å². The highest BCUT2D eigenvalue weighted by Crippen LogP contribution is 2.29. The number of nitrogens with one attached hydrogen (secondary N) is 1. The summed E-state index contributed by atoms with van der Waals surface area (Å²) in [7, 11) is 2.10. The second-order valence-electron chi connectivity index (χ2n) is 4.41. The number of thiophene rings is 1. The van der Waals surface area contributed by atoms with Gasteiger partial charge in [0.05, 0.1) is 5.39 Å². The van der Waals surface area contributed by atoms with Gasteiger partial charge in [-0.1, -0.05) is 6.92 Å². The summed E-state index contributed by atoms with van der Waals surface area (Å²) in [5.74, 6) is 1.74. The smallest absolute Gasteiger partial charge is 0.226 e. The topological polar surface area (TPSA) is 41.1 Å². The summed E-state index contributed by atoms with van der Waals surface area (Å²) in [4.78, 5) is 12.4. The fraction of sp³-hybridized carbons (Fsp3) is 0.538. The molecule has 0 radical (unpaired) electrons. The van der Waals surface area contributed by atoms with Crippen molar-refractivity contribution < 1.29 is 0 Å². The number of hydrogen-bond donors (Lipinski definition) is 1. The lowest BCUT2D eigenvalue weighted by molar-refractivity contribution is 0.659. The zero-order chi connectivity index (χ0) is 13.1. The van der Waals surface area contributed by atoms with Crippen LogP contribution in [0.15, 0.2) is 11.4 Å². The molecule has 18 heavy (non-hydrogen) atoms. The van der Waals surface area contributed by atoms with Crippen LogP contribution in [0.3, 0.4) is 0 Å². The van der Waals surface area contributed by atoms with Crippen LogP contribution in [0.2, 0.25) is 0 Å². The van der Waals surface area contributed by atoms with Gasteiger partial charge in [0.1, 0.15) is 10.6 Å². The first-order valence-corrected chi connectivity index (χ1v) is 7.27. The minimum Gasteiger partial charge on any atom is -0.356 e. The maximum atomic E-state index is 4.64. The second kappa shape index (κ2) is 5.52. The molecule has 4 nitrogen and oxygen atoms in total. The van der Waals surface area contributed by atoms with Crippen molar-refractivity contribution in [2.75, 3.05) is 23.8 Å². The van der Waals surface area contributed by atoms with Crippen molar-refractivity contribution in [3.63, 3.8) is 0 Å². The summed E-state index contributed by atoms with van der Waals surface area (Å²) in [5, 5.41) is 6.41. The Hall–Kier alpha value is -1.36. The van der Waals surface area contributed by atoms with Gasteiger partial charge >= 0.3 is 0 Å². The predicted octanol–water partition coefficient (Wildman–Crippen LogP) is 3.36. The largest absolute Gasteiger partial charge is 0.356 e. The zero-order valence-electron chi connectivity index (χ0n) is 11.4. The molecular weight excluding hydrogens is 244 g/mol. The van der Waals surface area contributed by atoms with E-state index in [0.717, 1.165) is 34.9 Å². The maximum absolute atomic E-state index is 4.64. The Bertz CT molecular complexity index is 523. The molecule has 0 spiro atoms. The van der Waals surface area contributed by atoms with Gasteiger partial charge < -0.3 is 10.2 Å². The molecule has 1 unspecified atom stereocenters. The van der Waals surface area contributed by atoms with Gasteiger partial charge in [-0.3, -0.25) is 0 Å². The zero-order valence-corrected chi connectivity index (χ0v) is 12.2. The predicted molar refractivity (Wildman–Crippen MR) is 79.7 cm³/mol. The summed E-state index contributed by atoms with van der Waals surface area (Å²) in [6.45, 7) is 7.30. The average molecular weight is 264 g/mol. The van der Waals surface area contributed by atoms with E-state index in [1.807, 2.05) is 0 Å². The molecule has 2 aromatic rings. The third-order valence-corrected chi connectivity index (χ3v) is 4.03. The second-order valence-corrected chi connectivity index (χ2v) is 5.30. The lowest BCUT2D eigenvalue weighted by Gasteiger charge is -2.25. The summed E-state index contributed by atoms with van der Waals surface area (Å²) in [5.41, 5.74) is 0. The molecule has 0 bridgehead atoms. The standard InChI is InChI=1S/C13H20N4S/c1-5-9(3)17(4)11-10-7-8-18-12(10)16-13(15-11)14-6-2/h7-9H,5-6H2,1-4H3,(H,14,15,16). The summed E-state index contributed by atoms with van der Waals surface area (Å²) >= 11 is 1.66. The molecule has 0 aromatic carbocycles. The number of anilines is 2. The molecule has 1 atom stereocenters. The van der Waals surface area contributed by atoms with E-state index in [4.69, 9.17) is 0 Å². The molecule has 0 saturated carbocycles. The number of nitrogens with zero attached hydrogens (tertiary/aromatic N) is 3. The van der Waals surface area contributed by atoms with E-state index in [1.54, 1.807) is 11.3 Å². The van der Waals surface area contributed by atoms with Crippen molar-refractivity contribution in [3.8, 4) is 0 Å². The highest BCUT2D eigenvalue weighted by atomic mass is 32.1. The van der Waals surface area contributed by atoms with Crippen LogP contribution < -0.4 is 10.2 Å². The fourth-order valence-corrected chi connectivity index (χ4v) is 2.59. The van der Waals surface area contributed by atoms with Crippen molar-refractivity contribution >= 4 is 33.3 Å². The van der Waals surface area contributed by atoms with E-state index < -0.39 is 0 Å². The van der Waals surface area contributed by atoms with Gasteiger partial charge in [-0.2, -0.15) is 4.98 Å². The first kappa shape index (κ1) is 13.1. The fourth-order valence-electron chi connectivity index (χ4n) is 1.83. The van der Waals surface area contributed by atoms with Crippen LogP contribution in [0.4, 0.5) is 11.8 Å². The highest BCUT2D eigenvalue weighted by Gasteiger charge is 2.15. The lowest BCUT2D eigenvalue weighted by atomic mass is 10.2. The minimum atomic E-state index is 0.470. The van der Waals surface area contributed by atoms with Gasteiger partial charge in [-0.25, -0.2) is 4.98 Å². The number of fused-ring (bicyclic) bond motifs is 1. The molecule has 0 aliphatic heterocycles. The molecule has 0 saturated heterocycles. The Balaban J connectivity index is 2.49. The quantitative estimate of drug-likeness (QED) is 0.899. The molecule has 2 aromatic heterocycles. The van der Waals surface area contributed by atoms with E-state index >= 15 is 0 Å². The monoisotopic (exact) mass is 264 g/mol. The van der Waals surface area contributed by atoms with Gasteiger partial charge in [0.25, 0.3) is 0 Å². The van der Waals surface area contributed by atoms with Crippen LogP contribution in [0, 0.1) is 0 Å².